The molecule has 10 aromatic carbocycles. The molecule has 1 aliphatic rings. The van der Waals surface area contributed by atoms with Gasteiger partial charge in [0, 0.05) is 27.1 Å². The van der Waals surface area contributed by atoms with E-state index in [0.717, 1.165) is 99.4 Å². The van der Waals surface area contributed by atoms with Gasteiger partial charge in [-0.15, -0.1) is 0 Å². The fourth-order valence-corrected chi connectivity index (χ4v) is 11.1. The molecule has 5 heteroatoms. The first-order chi connectivity index (χ1) is 34.2. The molecule has 0 N–H and O–H groups in total. The molecule has 0 fully saturated rings. The van der Waals surface area contributed by atoms with Crippen molar-refractivity contribution in [1.82, 2.24) is 19.5 Å². The number of benzene rings is 10. The lowest BCUT2D eigenvalue weighted by molar-refractivity contribution is 0.669. The van der Waals surface area contributed by atoms with E-state index in [4.69, 9.17) is 19.4 Å². The second-order valence-electron chi connectivity index (χ2n) is 17.9. The van der Waals surface area contributed by atoms with E-state index in [1.165, 1.54) is 11.1 Å². The maximum absolute atomic E-state index is 6.50. The number of para-hydroxylation sites is 2. The number of hydrogen-bond acceptors (Lipinski definition) is 4. The molecule has 5 nitrogen and oxygen atoms in total. The van der Waals surface area contributed by atoms with E-state index in [1.54, 1.807) is 0 Å². The smallest absolute Gasteiger partial charge is 0.238 e. The first-order valence-corrected chi connectivity index (χ1v) is 23.4. The molecule has 0 radical (unpaired) electrons. The van der Waals surface area contributed by atoms with Gasteiger partial charge in [0.05, 0.1) is 11.0 Å². The van der Waals surface area contributed by atoms with Crippen molar-refractivity contribution in [3.05, 3.63) is 265 Å². The number of rotatable bonds is 7. The molecule has 0 bridgehead atoms. The van der Waals surface area contributed by atoms with Gasteiger partial charge in [-0.05, 0) is 97.6 Å². The monoisotopic (exact) mass is 880 g/mol. The minimum absolute atomic E-state index is 0.534. The summed E-state index contributed by atoms with van der Waals surface area (Å²) in [5.74, 6) is 1.74. The van der Waals surface area contributed by atoms with Crippen LogP contribution in [0.1, 0.15) is 22.5 Å². The maximum atomic E-state index is 6.50. The SMILES string of the molecule is c1ccc(-c2ccc(C3(c4nc(-c5cccc6oc7ccccc7c56)nc(-n5c6ccccc6c6cc(-c7cccc(-c8ccccc8)c7)ccc65)n4)c4ccccc4-c4ccccc43)cc2)cc1. The number of nitrogens with zero attached hydrogens (tertiary/aromatic N) is 4. The zero-order valence-electron chi connectivity index (χ0n) is 37.3. The molecule has 14 rings (SSSR count). The highest BCUT2D eigenvalue weighted by Gasteiger charge is 2.49. The number of hydrogen-bond donors (Lipinski definition) is 0. The third kappa shape index (κ3) is 6.00. The molecule has 1 aliphatic carbocycles. The van der Waals surface area contributed by atoms with E-state index >= 15 is 0 Å². The molecule has 322 valence electrons. The normalized spacial score (nSPS) is 12.8. The molecule has 69 heavy (non-hydrogen) atoms. The molecule has 3 aromatic heterocycles. The summed E-state index contributed by atoms with van der Waals surface area (Å²) in [5.41, 5.74) is 16.1. The van der Waals surface area contributed by atoms with Crippen LogP contribution in [0.3, 0.4) is 0 Å². The van der Waals surface area contributed by atoms with Gasteiger partial charge in [-0.25, -0.2) is 4.98 Å². The van der Waals surface area contributed by atoms with Gasteiger partial charge < -0.3 is 4.42 Å². The second kappa shape index (κ2) is 15.4. The van der Waals surface area contributed by atoms with Gasteiger partial charge in [-0.3, -0.25) is 4.57 Å². The Morgan fingerprint density at radius 1 is 0.348 bits per heavy atom. The maximum Gasteiger partial charge on any atom is 0.238 e. The van der Waals surface area contributed by atoms with Crippen LogP contribution in [0.4, 0.5) is 0 Å². The number of furan rings is 1. The molecule has 0 saturated carbocycles. The average molecular weight is 881 g/mol. The van der Waals surface area contributed by atoms with Crippen LogP contribution >= 0.6 is 0 Å². The Morgan fingerprint density at radius 2 is 0.870 bits per heavy atom. The summed E-state index contributed by atoms with van der Waals surface area (Å²) in [7, 11) is 0. The second-order valence-corrected chi connectivity index (χ2v) is 17.9. The average Bonchev–Trinajstić information content (AvgIpc) is 4.08. The van der Waals surface area contributed by atoms with E-state index < -0.39 is 5.41 Å². The van der Waals surface area contributed by atoms with Crippen molar-refractivity contribution < 1.29 is 4.42 Å². The van der Waals surface area contributed by atoms with Crippen LogP contribution in [0, 0.1) is 0 Å². The molecule has 0 unspecified atom stereocenters. The highest BCUT2D eigenvalue weighted by molar-refractivity contribution is 6.12. The fraction of sp³-hybridized carbons (Fsp3) is 0.0156. The van der Waals surface area contributed by atoms with Crippen LogP contribution in [0.2, 0.25) is 0 Å². The summed E-state index contributed by atoms with van der Waals surface area (Å²) in [4.78, 5) is 17.1. The minimum Gasteiger partial charge on any atom is -0.456 e. The summed E-state index contributed by atoms with van der Waals surface area (Å²) in [5, 5.41) is 4.20. The van der Waals surface area contributed by atoms with Gasteiger partial charge in [0.1, 0.15) is 16.6 Å². The van der Waals surface area contributed by atoms with Gasteiger partial charge in [0.25, 0.3) is 0 Å². The standard InChI is InChI=1S/C64H40N4O/c1-3-17-41(18-4-1)43-33-36-47(37-34-43)64(54-28-11-7-23-48(54)49-24-8-12-29-55(49)64)62-65-61(52-27-16-32-59-60(52)51-26-10-14-31-58(51)69-59)66-63(67-62)68-56-30-13-9-25-50(56)53-40-46(35-38-57(53)68)45-22-15-21-44(39-45)42-19-5-2-6-20-42/h1-40H. The lowest BCUT2D eigenvalue weighted by atomic mass is 9.71. The van der Waals surface area contributed by atoms with Gasteiger partial charge in [-0.1, -0.05) is 206 Å². The van der Waals surface area contributed by atoms with Crippen molar-refractivity contribution in [3.63, 3.8) is 0 Å². The highest BCUT2D eigenvalue weighted by atomic mass is 16.3. The number of fused-ring (bicyclic) bond motifs is 9. The Labute approximate surface area is 398 Å². The Balaban J connectivity index is 1.06. The van der Waals surface area contributed by atoms with Gasteiger partial charge in [-0.2, -0.15) is 9.97 Å². The first-order valence-electron chi connectivity index (χ1n) is 23.4. The highest BCUT2D eigenvalue weighted by Crippen LogP contribution is 2.56. The summed E-state index contributed by atoms with van der Waals surface area (Å²) >= 11 is 0. The molecular formula is C64H40N4O. The molecule has 0 amide bonds. The van der Waals surface area contributed by atoms with E-state index in [1.807, 2.05) is 24.3 Å². The number of aromatic nitrogens is 4. The van der Waals surface area contributed by atoms with Crippen molar-refractivity contribution in [3.8, 4) is 61.8 Å². The molecule has 0 atom stereocenters. The predicted octanol–water partition coefficient (Wildman–Crippen LogP) is 15.9. The van der Waals surface area contributed by atoms with Crippen molar-refractivity contribution >= 4 is 43.7 Å². The van der Waals surface area contributed by atoms with Crippen molar-refractivity contribution in [1.29, 1.82) is 0 Å². The lowest BCUT2D eigenvalue weighted by Crippen LogP contribution is -2.32. The van der Waals surface area contributed by atoms with E-state index in [9.17, 15) is 0 Å². The summed E-state index contributed by atoms with van der Waals surface area (Å²) in [6.07, 6.45) is 0. The van der Waals surface area contributed by atoms with Crippen molar-refractivity contribution in [2.75, 3.05) is 0 Å². The topological polar surface area (TPSA) is 56.7 Å². The van der Waals surface area contributed by atoms with Crippen LogP contribution in [0.25, 0.3) is 106 Å². The Morgan fingerprint density at radius 3 is 1.62 bits per heavy atom. The van der Waals surface area contributed by atoms with Crippen LogP contribution in [-0.4, -0.2) is 19.5 Å². The summed E-state index contributed by atoms with van der Waals surface area (Å²) in [6.45, 7) is 0. The molecule has 3 heterocycles. The Hall–Kier alpha value is -9.19. The molecular weight excluding hydrogens is 841 g/mol. The Kier molecular flexibility index (Phi) is 8.73. The van der Waals surface area contributed by atoms with Crippen LogP contribution in [-0.2, 0) is 5.41 Å². The van der Waals surface area contributed by atoms with E-state index in [2.05, 4.69) is 223 Å². The third-order valence-corrected chi connectivity index (χ3v) is 14.2. The lowest BCUT2D eigenvalue weighted by Gasteiger charge is -2.32. The first kappa shape index (κ1) is 39.0. The van der Waals surface area contributed by atoms with Crippen molar-refractivity contribution in [2.45, 2.75) is 5.41 Å². The zero-order valence-corrected chi connectivity index (χ0v) is 37.3. The van der Waals surface area contributed by atoms with Gasteiger partial charge >= 0.3 is 0 Å². The zero-order chi connectivity index (χ0) is 45.5. The molecule has 0 aliphatic heterocycles. The van der Waals surface area contributed by atoms with Crippen molar-refractivity contribution in [2.24, 2.45) is 0 Å². The Bertz CT molecular complexity index is 4090. The third-order valence-electron chi connectivity index (χ3n) is 14.2. The van der Waals surface area contributed by atoms with Gasteiger partial charge in [0.15, 0.2) is 11.6 Å². The van der Waals surface area contributed by atoms with Crippen LogP contribution < -0.4 is 0 Å². The molecule has 0 saturated heterocycles. The van der Waals surface area contributed by atoms with Crippen LogP contribution in [0.15, 0.2) is 247 Å². The van der Waals surface area contributed by atoms with E-state index in [-0.39, 0.29) is 0 Å². The molecule has 13 aromatic rings. The van der Waals surface area contributed by atoms with E-state index in [0.29, 0.717) is 17.6 Å². The predicted molar refractivity (Wildman–Crippen MR) is 280 cm³/mol. The molecule has 0 spiro atoms. The largest absolute Gasteiger partial charge is 0.456 e. The van der Waals surface area contributed by atoms with Crippen LogP contribution in [0.5, 0.6) is 0 Å². The van der Waals surface area contributed by atoms with Gasteiger partial charge in [0.2, 0.25) is 5.95 Å². The minimum atomic E-state index is -0.920. The summed E-state index contributed by atoms with van der Waals surface area (Å²) in [6, 6.07) is 86.2. The summed E-state index contributed by atoms with van der Waals surface area (Å²) < 4.78 is 8.73. The quantitative estimate of drug-likeness (QED) is 0.160. The fourth-order valence-electron chi connectivity index (χ4n) is 11.1.